The summed E-state index contributed by atoms with van der Waals surface area (Å²) in [6.45, 7) is 5.48. The van der Waals surface area contributed by atoms with E-state index in [1.807, 2.05) is 26.0 Å². The molecular weight excluding hydrogens is 405 g/mol. The Morgan fingerprint density at radius 2 is 1.66 bits per heavy atom. The Balaban J connectivity index is 1.55. The summed E-state index contributed by atoms with van der Waals surface area (Å²) in [7, 11) is 0. The van der Waals surface area contributed by atoms with Crippen LogP contribution < -0.4 is 0 Å². The van der Waals surface area contributed by atoms with Gasteiger partial charge in [-0.1, -0.05) is 0 Å². The van der Waals surface area contributed by atoms with Crippen molar-refractivity contribution in [1.82, 2.24) is 4.98 Å². The summed E-state index contributed by atoms with van der Waals surface area (Å²) in [5.74, 6) is -0.451. The second kappa shape index (κ2) is 8.68. The molecule has 0 radical (unpaired) electrons. The molecule has 5 heteroatoms. The van der Waals surface area contributed by atoms with Gasteiger partial charge in [-0.05, 0) is 98.7 Å². The number of rotatable bonds is 4. The van der Waals surface area contributed by atoms with E-state index in [0.29, 0.717) is 30.9 Å². The summed E-state index contributed by atoms with van der Waals surface area (Å²) >= 11 is 0. The van der Waals surface area contributed by atoms with Crippen LogP contribution in [0.2, 0.25) is 0 Å². The largest absolute Gasteiger partial charge is 0.300 e. The fourth-order valence-electron chi connectivity index (χ4n) is 5.89. The van der Waals surface area contributed by atoms with Crippen molar-refractivity contribution in [3.63, 3.8) is 0 Å². The topological polar surface area (TPSA) is 64.1 Å². The molecule has 168 valence electrons. The maximum absolute atomic E-state index is 13.3. The van der Waals surface area contributed by atoms with Crippen LogP contribution in [0.3, 0.4) is 0 Å². The van der Waals surface area contributed by atoms with Gasteiger partial charge in [0.2, 0.25) is 0 Å². The minimum atomic E-state index is -0.703. The van der Waals surface area contributed by atoms with Gasteiger partial charge in [0.1, 0.15) is 29.1 Å². The van der Waals surface area contributed by atoms with Crippen LogP contribution in [0.4, 0.5) is 4.39 Å². The van der Waals surface area contributed by atoms with Crippen LogP contribution in [-0.4, -0.2) is 22.3 Å². The Bertz CT molecular complexity index is 1020. The average Bonchev–Trinajstić information content (AvgIpc) is 2.71. The molecular formula is C27H30FNO3. The lowest BCUT2D eigenvalue weighted by molar-refractivity contribution is -0.138. The third-order valence-electron chi connectivity index (χ3n) is 7.39. The van der Waals surface area contributed by atoms with Gasteiger partial charge in [0.15, 0.2) is 0 Å². The van der Waals surface area contributed by atoms with E-state index in [1.54, 1.807) is 13.0 Å². The summed E-state index contributed by atoms with van der Waals surface area (Å²) in [6.07, 6.45) is 6.21. The van der Waals surface area contributed by atoms with Gasteiger partial charge in [-0.25, -0.2) is 4.39 Å². The number of nitrogens with zero attached hydrogens (tertiary/aromatic N) is 1. The summed E-state index contributed by atoms with van der Waals surface area (Å²) in [5, 5.41) is 0. The lowest BCUT2D eigenvalue weighted by Gasteiger charge is -2.43. The zero-order chi connectivity index (χ0) is 23.0. The smallest absolute Gasteiger partial charge is 0.148 e. The number of benzene rings is 1. The molecule has 1 aromatic carbocycles. The molecule has 1 spiro atoms. The van der Waals surface area contributed by atoms with Crippen LogP contribution in [-0.2, 0) is 14.4 Å². The van der Waals surface area contributed by atoms with Crippen molar-refractivity contribution < 1.29 is 18.8 Å². The number of ketones is 3. The fourth-order valence-corrected chi connectivity index (χ4v) is 5.89. The molecule has 0 saturated heterocycles. The van der Waals surface area contributed by atoms with E-state index in [2.05, 4.69) is 4.98 Å². The first kappa shape index (κ1) is 22.5. The number of aryl methyl sites for hydroxylation is 2. The first-order valence-electron chi connectivity index (χ1n) is 11.5. The Morgan fingerprint density at radius 1 is 1.06 bits per heavy atom. The van der Waals surface area contributed by atoms with Crippen LogP contribution in [0.25, 0.3) is 11.3 Å². The number of halogens is 1. The number of pyridine rings is 1. The molecule has 32 heavy (non-hydrogen) atoms. The van der Waals surface area contributed by atoms with Crippen LogP contribution in [0.15, 0.2) is 30.5 Å². The maximum Gasteiger partial charge on any atom is 0.148 e. The van der Waals surface area contributed by atoms with Crippen LogP contribution in [0.5, 0.6) is 0 Å². The van der Waals surface area contributed by atoms with E-state index in [-0.39, 0.29) is 28.6 Å². The number of hydrogen-bond donors (Lipinski definition) is 0. The Hall–Kier alpha value is -2.69. The average molecular weight is 436 g/mol. The number of Topliss-reactive ketones (excluding diaryl/α,β-unsaturated/α-hetero) is 3. The maximum atomic E-state index is 13.3. The summed E-state index contributed by atoms with van der Waals surface area (Å²) in [6, 6.07) is 6.87. The third kappa shape index (κ3) is 4.43. The quantitative estimate of drug-likeness (QED) is 0.580. The molecule has 0 aliphatic heterocycles. The van der Waals surface area contributed by atoms with Gasteiger partial charge in [-0.3, -0.25) is 14.6 Å². The van der Waals surface area contributed by atoms with Crippen LogP contribution in [0.1, 0.15) is 74.5 Å². The minimum Gasteiger partial charge on any atom is -0.300 e. The van der Waals surface area contributed by atoms with Gasteiger partial charge >= 0.3 is 0 Å². The third-order valence-corrected chi connectivity index (χ3v) is 7.39. The highest BCUT2D eigenvalue weighted by molar-refractivity contribution is 6.10. The lowest BCUT2D eigenvalue weighted by Crippen LogP contribution is -2.42. The molecule has 2 aliphatic rings. The van der Waals surface area contributed by atoms with Crippen molar-refractivity contribution in [3.8, 4) is 11.3 Å². The number of aromatic nitrogens is 1. The van der Waals surface area contributed by atoms with Gasteiger partial charge in [0.05, 0.1) is 11.9 Å². The highest BCUT2D eigenvalue weighted by atomic mass is 19.1. The first-order valence-corrected chi connectivity index (χ1v) is 11.5. The fraction of sp³-hybridized carbons (Fsp3) is 0.481. The molecule has 1 heterocycles. The number of carbonyl (C=O) groups excluding carboxylic acids is 3. The summed E-state index contributed by atoms with van der Waals surface area (Å²) in [4.78, 5) is 42.2. The van der Waals surface area contributed by atoms with E-state index in [4.69, 9.17) is 0 Å². The van der Waals surface area contributed by atoms with E-state index < -0.39 is 5.92 Å². The van der Waals surface area contributed by atoms with Gasteiger partial charge in [-0.2, -0.15) is 0 Å². The zero-order valence-electron chi connectivity index (χ0n) is 19.0. The molecule has 2 fully saturated rings. The van der Waals surface area contributed by atoms with Gasteiger partial charge in [0.25, 0.3) is 0 Å². The molecule has 0 unspecified atom stereocenters. The normalized spacial score (nSPS) is 25.9. The molecule has 0 amide bonds. The van der Waals surface area contributed by atoms with Crippen molar-refractivity contribution >= 4 is 17.3 Å². The van der Waals surface area contributed by atoms with Crippen molar-refractivity contribution in [2.75, 3.05) is 0 Å². The van der Waals surface area contributed by atoms with Crippen LogP contribution in [0, 0.1) is 31.0 Å². The molecule has 4 rings (SSSR count). The Labute approximate surface area is 188 Å². The second-order valence-corrected chi connectivity index (χ2v) is 9.95. The SMILES string of the molecule is CC(=O)CC1CCC2(CC1)CC(=O)C(c1c(C)cc(-c3ccc(F)cn3)cc1C)C(=O)C2. The van der Waals surface area contributed by atoms with Crippen molar-refractivity contribution in [2.45, 2.75) is 71.6 Å². The van der Waals surface area contributed by atoms with Crippen LogP contribution >= 0.6 is 0 Å². The van der Waals surface area contributed by atoms with E-state index in [0.717, 1.165) is 47.9 Å². The summed E-state index contributed by atoms with van der Waals surface area (Å²) < 4.78 is 13.2. The summed E-state index contributed by atoms with van der Waals surface area (Å²) in [5.41, 5.74) is 3.87. The predicted octanol–water partition coefficient (Wildman–Crippen LogP) is 5.68. The molecule has 1 aromatic heterocycles. The Kier molecular flexibility index (Phi) is 6.11. The first-order chi connectivity index (χ1) is 15.2. The molecule has 2 aromatic rings. The molecule has 0 bridgehead atoms. The van der Waals surface area contributed by atoms with Crippen molar-refractivity contribution in [3.05, 3.63) is 53.0 Å². The monoisotopic (exact) mass is 435 g/mol. The van der Waals surface area contributed by atoms with Gasteiger partial charge in [0, 0.05) is 24.8 Å². The van der Waals surface area contributed by atoms with Crippen molar-refractivity contribution in [2.24, 2.45) is 11.3 Å². The minimum absolute atomic E-state index is 0.0186. The highest BCUT2D eigenvalue weighted by Gasteiger charge is 2.47. The molecule has 4 nitrogen and oxygen atoms in total. The number of carbonyl (C=O) groups is 3. The second-order valence-electron chi connectivity index (χ2n) is 9.95. The van der Waals surface area contributed by atoms with Gasteiger partial charge in [-0.15, -0.1) is 0 Å². The zero-order valence-corrected chi connectivity index (χ0v) is 19.0. The molecule has 2 aliphatic carbocycles. The van der Waals surface area contributed by atoms with E-state index >= 15 is 0 Å². The molecule has 2 saturated carbocycles. The van der Waals surface area contributed by atoms with E-state index in [9.17, 15) is 18.8 Å². The Morgan fingerprint density at radius 3 is 2.16 bits per heavy atom. The van der Waals surface area contributed by atoms with Crippen molar-refractivity contribution in [1.29, 1.82) is 0 Å². The van der Waals surface area contributed by atoms with E-state index in [1.165, 1.54) is 12.3 Å². The standard InChI is InChI=1S/C27H30FNO3/c1-16-10-20(22-5-4-21(28)15-29-22)11-17(2)25(16)26-23(31)13-27(14-24(26)32)8-6-19(7-9-27)12-18(3)30/h4-5,10-11,15,19,26H,6-9,12-14H2,1-3H3. The number of hydrogen-bond acceptors (Lipinski definition) is 4. The van der Waals surface area contributed by atoms with Gasteiger partial charge < -0.3 is 4.79 Å². The molecule has 0 N–H and O–H groups in total. The molecule has 0 atom stereocenters. The predicted molar refractivity (Wildman–Crippen MR) is 121 cm³/mol. The lowest BCUT2D eigenvalue weighted by atomic mass is 9.59. The highest BCUT2D eigenvalue weighted by Crippen LogP contribution is 2.50.